The molecule has 4 rings (SSSR count). The number of rotatable bonds is 5. The summed E-state index contributed by atoms with van der Waals surface area (Å²) in [5.41, 5.74) is 2.67. The van der Waals surface area contributed by atoms with Crippen LogP contribution in [0.1, 0.15) is 23.2 Å². The molecule has 1 fully saturated rings. The SMILES string of the molecule is O=C(NCC1CCOCC1)c1ccc2nc(Nc3c(Cl)cccc3Cl)[nH]c2c1. The molecule has 1 aromatic heterocycles. The van der Waals surface area contributed by atoms with Gasteiger partial charge in [-0.25, -0.2) is 4.98 Å². The van der Waals surface area contributed by atoms with Crippen LogP contribution in [0.2, 0.25) is 10.0 Å². The number of aromatic nitrogens is 2. The lowest BCUT2D eigenvalue weighted by Crippen LogP contribution is -2.32. The van der Waals surface area contributed by atoms with Gasteiger partial charge in [-0.15, -0.1) is 0 Å². The number of H-pyrrole nitrogens is 1. The van der Waals surface area contributed by atoms with Crippen LogP contribution < -0.4 is 10.6 Å². The van der Waals surface area contributed by atoms with Gasteiger partial charge >= 0.3 is 0 Å². The van der Waals surface area contributed by atoms with Crippen molar-refractivity contribution in [2.24, 2.45) is 5.92 Å². The molecule has 0 atom stereocenters. The van der Waals surface area contributed by atoms with Gasteiger partial charge in [-0.2, -0.15) is 0 Å². The van der Waals surface area contributed by atoms with Gasteiger partial charge in [0, 0.05) is 25.3 Å². The van der Waals surface area contributed by atoms with Gasteiger partial charge in [0.2, 0.25) is 5.95 Å². The Morgan fingerprint density at radius 2 is 1.93 bits per heavy atom. The first-order valence-corrected chi connectivity index (χ1v) is 9.92. The molecule has 0 saturated carbocycles. The Kier molecular flexibility index (Phi) is 5.71. The molecule has 0 unspecified atom stereocenters. The lowest BCUT2D eigenvalue weighted by atomic mass is 10.0. The molecule has 28 heavy (non-hydrogen) atoms. The minimum Gasteiger partial charge on any atom is -0.381 e. The van der Waals surface area contributed by atoms with E-state index in [1.165, 1.54) is 0 Å². The van der Waals surface area contributed by atoms with Crippen LogP contribution in [0.3, 0.4) is 0 Å². The molecular weight excluding hydrogens is 399 g/mol. The van der Waals surface area contributed by atoms with Crippen molar-refractivity contribution in [2.75, 3.05) is 25.1 Å². The van der Waals surface area contributed by atoms with Gasteiger partial charge in [0.15, 0.2) is 0 Å². The van der Waals surface area contributed by atoms with Crippen molar-refractivity contribution in [3.8, 4) is 0 Å². The zero-order valence-corrected chi connectivity index (χ0v) is 16.6. The monoisotopic (exact) mass is 418 g/mol. The molecular formula is C20H20Cl2N4O2. The first-order chi connectivity index (χ1) is 13.6. The van der Waals surface area contributed by atoms with E-state index < -0.39 is 0 Å². The topological polar surface area (TPSA) is 79.0 Å². The fourth-order valence-corrected chi connectivity index (χ4v) is 3.73. The first kappa shape index (κ1) is 19.1. The van der Waals surface area contributed by atoms with Crippen LogP contribution in [0.5, 0.6) is 0 Å². The molecule has 1 aliphatic heterocycles. The number of amides is 1. The van der Waals surface area contributed by atoms with Crippen molar-refractivity contribution in [1.82, 2.24) is 15.3 Å². The molecule has 3 aromatic rings. The molecule has 1 amide bonds. The van der Waals surface area contributed by atoms with Gasteiger partial charge < -0.3 is 20.4 Å². The summed E-state index contributed by atoms with van der Waals surface area (Å²) in [7, 11) is 0. The van der Waals surface area contributed by atoms with Gasteiger partial charge in [-0.3, -0.25) is 4.79 Å². The number of fused-ring (bicyclic) bond motifs is 1. The molecule has 0 bridgehead atoms. The molecule has 3 N–H and O–H groups in total. The predicted octanol–water partition coefficient (Wildman–Crippen LogP) is 4.77. The summed E-state index contributed by atoms with van der Waals surface area (Å²) in [6.45, 7) is 2.21. The lowest BCUT2D eigenvalue weighted by Gasteiger charge is -2.22. The van der Waals surface area contributed by atoms with Crippen LogP contribution in [0, 0.1) is 5.92 Å². The predicted molar refractivity (Wildman–Crippen MR) is 112 cm³/mol. The number of aromatic amines is 1. The van der Waals surface area contributed by atoms with Crippen LogP contribution in [0.15, 0.2) is 36.4 Å². The molecule has 0 radical (unpaired) electrons. The van der Waals surface area contributed by atoms with Crippen molar-refractivity contribution >= 4 is 51.8 Å². The van der Waals surface area contributed by atoms with Crippen LogP contribution in [0.25, 0.3) is 11.0 Å². The Labute approximate surface area is 172 Å². The number of ether oxygens (including phenoxy) is 1. The second-order valence-electron chi connectivity index (χ2n) is 6.80. The number of anilines is 2. The maximum atomic E-state index is 12.5. The number of halogens is 2. The average Bonchev–Trinajstić information content (AvgIpc) is 3.11. The van der Waals surface area contributed by atoms with Crippen LogP contribution in [0.4, 0.5) is 11.6 Å². The van der Waals surface area contributed by atoms with Crippen LogP contribution in [-0.2, 0) is 4.74 Å². The summed E-state index contributed by atoms with van der Waals surface area (Å²) >= 11 is 12.4. The molecule has 2 heterocycles. The number of carbonyl (C=O) groups is 1. The van der Waals surface area contributed by atoms with Crippen molar-refractivity contribution in [1.29, 1.82) is 0 Å². The van der Waals surface area contributed by atoms with Gasteiger partial charge in [-0.05, 0) is 49.1 Å². The third-order valence-corrected chi connectivity index (χ3v) is 5.47. The number of imidazole rings is 1. The molecule has 6 nitrogen and oxygen atoms in total. The van der Waals surface area contributed by atoms with E-state index in [9.17, 15) is 4.79 Å². The largest absolute Gasteiger partial charge is 0.381 e. The highest BCUT2D eigenvalue weighted by Crippen LogP contribution is 2.32. The van der Waals surface area contributed by atoms with Crippen molar-refractivity contribution < 1.29 is 9.53 Å². The van der Waals surface area contributed by atoms with E-state index in [2.05, 4.69) is 20.6 Å². The van der Waals surface area contributed by atoms with Gasteiger partial charge in [-0.1, -0.05) is 29.3 Å². The summed E-state index contributed by atoms with van der Waals surface area (Å²) in [6, 6.07) is 10.7. The smallest absolute Gasteiger partial charge is 0.251 e. The molecule has 8 heteroatoms. The Morgan fingerprint density at radius 3 is 2.68 bits per heavy atom. The summed E-state index contributed by atoms with van der Waals surface area (Å²) in [5, 5.41) is 7.12. The number of para-hydroxylation sites is 1. The fraction of sp³-hybridized carbons (Fsp3) is 0.300. The minimum absolute atomic E-state index is 0.0911. The van der Waals surface area contributed by atoms with E-state index in [0.717, 1.165) is 37.1 Å². The van der Waals surface area contributed by atoms with Crippen molar-refractivity contribution in [3.05, 3.63) is 52.0 Å². The summed E-state index contributed by atoms with van der Waals surface area (Å²) in [6.07, 6.45) is 1.97. The highest BCUT2D eigenvalue weighted by Gasteiger charge is 2.16. The van der Waals surface area contributed by atoms with Crippen molar-refractivity contribution in [2.45, 2.75) is 12.8 Å². The van der Waals surface area contributed by atoms with Crippen LogP contribution >= 0.6 is 23.2 Å². The van der Waals surface area contributed by atoms with Crippen LogP contribution in [-0.4, -0.2) is 35.6 Å². The maximum Gasteiger partial charge on any atom is 0.251 e. The number of nitrogens with zero attached hydrogens (tertiary/aromatic N) is 1. The number of nitrogens with one attached hydrogen (secondary N) is 3. The Morgan fingerprint density at radius 1 is 1.18 bits per heavy atom. The first-order valence-electron chi connectivity index (χ1n) is 9.17. The zero-order valence-electron chi connectivity index (χ0n) is 15.1. The van der Waals surface area contributed by atoms with E-state index >= 15 is 0 Å². The van der Waals surface area contributed by atoms with E-state index in [1.807, 2.05) is 6.07 Å². The molecule has 146 valence electrons. The third-order valence-electron chi connectivity index (χ3n) is 4.84. The van der Waals surface area contributed by atoms with E-state index in [0.29, 0.717) is 39.7 Å². The quantitative estimate of drug-likeness (QED) is 0.557. The highest BCUT2D eigenvalue weighted by atomic mass is 35.5. The van der Waals surface area contributed by atoms with Gasteiger partial charge in [0.25, 0.3) is 5.91 Å². The summed E-state index contributed by atoms with van der Waals surface area (Å²) in [4.78, 5) is 20.1. The minimum atomic E-state index is -0.0911. The maximum absolute atomic E-state index is 12.5. The Hall–Kier alpha value is -2.28. The number of carbonyl (C=O) groups excluding carboxylic acids is 1. The number of hydrogen-bond acceptors (Lipinski definition) is 4. The lowest BCUT2D eigenvalue weighted by molar-refractivity contribution is 0.0642. The average molecular weight is 419 g/mol. The van der Waals surface area contributed by atoms with E-state index in [4.69, 9.17) is 27.9 Å². The van der Waals surface area contributed by atoms with Crippen molar-refractivity contribution in [3.63, 3.8) is 0 Å². The molecule has 0 aliphatic carbocycles. The van der Waals surface area contributed by atoms with E-state index in [-0.39, 0.29) is 5.91 Å². The van der Waals surface area contributed by atoms with Gasteiger partial charge in [0.05, 0.1) is 26.8 Å². The second kappa shape index (κ2) is 8.39. The molecule has 1 aliphatic rings. The standard InChI is InChI=1S/C20H20Cl2N4O2/c21-14-2-1-3-15(22)18(14)26-20-24-16-5-4-13(10-17(16)25-20)19(27)23-11-12-6-8-28-9-7-12/h1-5,10,12H,6-9,11H2,(H,23,27)(H2,24,25,26). The van der Waals surface area contributed by atoms with Gasteiger partial charge in [0.1, 0.15) is 0 Å². The Balaban J connectivity index is 1.47. The van der Waals surface area contributed by atoms with E-state index in [1.54, 1.807) is 30.3 Å². The molecule has 1 saturated heterocycles. The third kappa shape index (κ3) is 4.24. The highest BCUT2D eigenvalue weighted by molar-refractivity contribution is 6.39. The molecule has 2 aromatic carbocycles. The zero-order chi connectivity index (χ0) is 19.5. The number of hydrogen-bond donors (Lipinski definition) is 3. The number of benzene rings is 2. The fourth-order valence-electron chi connectivity index (χ4n) is 3.24. The Bertz CT molecular complexity index is 979. The summed E-state index contributed by atoms with van der Waals surface area (Å²) < 4.78 is 5.35. The molecule has 0 spiro atoms. The second-order valence-corrected chi connectivity index (χ2v) is 7.62. The normalized spacial score (nSPS) is 14.9. The summed E-state index contributed by atoms with van der Waals surface area (Å²) in [5.74, 6) is 0.890.